The van der Waals surface area contributed by atoms with Crippen molar-refractivity contribution in [2.45, 2.75) is 25.9 Å². The second kappa shape index (κ2) is 9.43. The van der Waals surface area contributed by atoms with Crippen molar-refractivity contribution < 1.29 is 18.7 Å². The first-order valence-corrected chi connectivity index (χ1v) is 11.5. The van der Waals surface area contributed by atoms with Crippen LogP contribution >= 0.6 is 0 Å². The van der Waals surface area contributed by atoms with E-state index in [0.29, 0.717) is 24.3 Å². The van der Waals surface area contributed by atoms with Gasteiger partial charge < -0.3 is 19.4 Å². The average molecular weight is 455 g/mol. The number of para-hydroxylation sites is 1. The summed E-state index contributed by atoms with van der Waals surface area (Å²) in [6.07, 6.45) is 1.63. The minimum absolute atomic E-state index is 0.00279. The Morgan fingerprint density at radius 2 is 1.65 bits per heavy atom. The molecule has 6 nitrogen and oxygen atoms in total. The third kappa shape index (κ3) is 4.81. The van der Waals surface area contributed by atoms with Crippen LogP contribution in [-0.2, 0) is 4.79 Å². The Bertz CT molecular complexity index is 1270. The molecule has 0 bridgehead atoms. The minimum atomic E-state index is -0.134. The fourth-order valence-electron chi connectivity index (χ4n) is 4.27. The van der Waals surface area contributed by atoms with E-state index < -0.39 is 0 Å². The number of anilines is 1. The van der Waals surface area contributed by atoms with Gasteiger partial charge in [0, 0.05) is 55.1 Å². The third-order valence-corrected chi connectivity index (χ3v) is 6.05. The van der Waals surface area contributed by atoms with Gasteiger partial charge in [-0.1, -0.05) is 18.2 Å². The molecule has 4 aromatic rings. The Labute approximate surface area is 198 Å². The summed E-state index contributed by atoms with van der Waals surface area (Å²) in [5.74, 6) is 1.52. The average Bonchev–Trinajstić information content (AvgIpc) is 3.29. The number of rotatable bonds is 5. The van der Waals surface area contributed by atoms with Gasteiger partial charge >= 0.3 is 0 Å². The van der Waals surface area contributed by atoms with Crippen molar-refractivity contribution in [1.29, 1.82) is 0 Å². The molecule has 0 spiro atoms. The zero-order valence-electron chi connectivity index (χ0n) is 19.0. The highest BCUT2D eigenvalue weighted by Gasteiger charge is 2.24. The Balaban J connectivity index is 1.15. The number of piperidine rings is 1. The van der Waals surface area contributed by atoms with Crippen molar-refractivity contribution in [3.8, 4) is 17.1 Å². The number of amides is 2. The molecule has 5 rings (SSSR count). The molecule has 1 aliphatic heterocycles. The van der Waals surface area contributed by atoms with Crippen molar-refractivity contribution in [2.24, 2.45) is 0 Å². The summed E-state index contributed by atoms with van der Waals surface area (Å²) < 4.78 is 12.1. The number of likely N-dealkylation sites (tertiary alicyclic amines) is 1. The van der Waals surface area contributed by atoms with Crippen LogP contribution in [0, 0.1) is 0 Å². The van der Waals surface area contributed by atoms with Crippen LogP contribution in [0.4, 0.5) is 5.69 Å². The summed E-state index contributed by atoms with van der Waals surface area (Å²) in [4.78, 5) is 25.8. The number of hydrogen-bond acceptors (Lipinski definition) is 4. The summed E-state index contributed by atoms with van der Waals surface area (Å²) >= 11 is 0. The van der Waals surface area contributed by atoms with E-state index >= 15 is 0 Å². The van der Waals surface area contributed by atoms with E-state index in [-0.39, 0.29) is 17.9 Å². The first kappa shape index (κ1) is 21.8. The first-order valence-electron chi connectivity index (χ1n) is 11.5. The number of carbonyl (C=O) groups excluding carboxylic acids is 2. The van der Waals surface area contributed by atoms with Crippen LogP contribution in [-0.4, -0.2) is 35.9 Å². The van der Waals surface area contributed by atoms with Crippen LogP contribution in [0.25, 0.3) is 22.3 Å². The Morgan fingerprint density at radius 3 is 2.32 bits per heavy atom. The van der Waals surface area contributed by atoms with Crippen LogP contribution < -0.4 is 10.1 Å². The Kier molecular flexibility index (Phi) is 6.04. The van der Waals surface area contributed by atoms with Crippen molar-refractivity contribution in [3.05, 3.63) is 84.4 Å². The molecule has 1 saturated heterocycles. The highest BCUT2D eigenvalue weighted by molar-refractivity contribution is 5.95. The molecule has 172 valence electrons. The lowest BCUT2D eigenvalue weighted by atomic mass is 10.1. The monoisotopic (exact) mass is 454 g/mol. The van der Waals surface area contributed by atoms with Gasteiger partial charge in [0.25, 0.3) is 5.91 Å². The smallest absolute Gasteiger partial charge is 0.253 e. The lowest BCUT2D eigenvalue weighted by Crippen LogP contribution is -2.41. The lowest BCUT2D eigenvalue weighted by molar-refractivity contribution is -0.114. The molecular formula is C28H26N2O4. The van der Waals surface area contributed by atoms with E-state index in [1.54, 1.807) is 24.3 Å². The molecule has 2 heterocycles. The quantitative estimate of drug-likeness (QED) is 0.417. The zero-order valence-corrected chi connectivity index (χ0v) is 19.0. The molecule has 34 heavy (non-hydrogen) atoms. The highest BCUT2D eigenvalue weighted by Crippen LogP contribution is 2.29. The number of carbonyl (C=O) groups is 2. The standard InChI is InChI=1S/C28H26N2O4/c1-19(31)29-23-10-6-21(7-11-23)28(32)30-16-14-25(15-17-30)33-24-12-8-20(9-13-24)27-18-22-4-2-3-5-26(22)34-27/h2-13,18,25H,14-17H2,1H3,(H,29,31). The summed E-state index contributed by atoms with van der Waals surface area (Å²) in [6, 6.07) is 25.0. The van der Waals surface area contributed by atoms with Crippen molar-refractivity contribution in [3.63, 3.8) is 0 Å². The maximum atomic E-state index is 12.8. The van der Waals surface area contributed by atoms with Crippen LogP contribution in [0.15, 0.2) is 83.3 Å². The number of nitrogens with one attached hydrogen (secondary N) is 1. The molecule has 0 unspecified atom stereocenters. The maximum absolute atomic E-state index is 12.8. The molecule has 0 saturated carbocycles. The van der Waals surface area contributed by atoms with Gasteiger partial charge in [-0.25, -0.2) is 0 Å². The van der Waals surface area contributed by atoms with Gasteiger partial charge in [0.15, 0.2) is 0 Å². The van der Waals surface area contributed by atoms with E-state index in [1.807, 2.05) is 59.5 Å². The maximum Gasteiger partial charge on any atom is 0.253 e. The van der Waals surface area contributed by atoms with Crippen LogP contribution in [0.3, 0.4) is 0 Å². The van der Waals surface area contributed by atoms with E-state index in [9.17, 15) is 9.59 Å². The molecule has 3 aromatic carbocycles. The fraction of sp³-hybridized carbons (Fsp3) is 0.214. The predicted molar refractivity (Wildman–Crippen MR) is 132 cm³/mol. The molecule has 0 radical (unpaired) electrons. The van der Waals surface area contributed by atoms with Gasteiger partial charge in [0.1, 0.15) is 23.2 Å². The molecule has 1 aromatic heterocycles. The normalized spacial score (nSPS) is 14.2. The Hall–Kier alpha value is -4.06. The number of benzene rings is 3. The Morgan fingerprint density at radius 1 is 0.941 bits per heavy atom. The number of hydrogen-bond donors (Lipinski definition) is 1. The van der Waals surface area contributed by atoms with Gasteiger partial charge in [-0.3, -0.25) is 9.59 Å². The highest BCUT2D eigenvalue weighted by atomic mass is 16.5. The molecular weight excluding hydrogens is 428 g/mol. The van der Waals surface area contributed by atoms with Gasteiger partial charge in [-0.15, -0.1) is 0 Å². The van der Waals surface area contributed by atoms with Crippen molar-refractivity contribution in [1.82, 2.24) is 4.90 Å². The summed E-state index contributed by atoms with van der Waals surface area (Å²) in [7, 11) is 0. The molecule has 0 aliphatic carbocycles. The summed E-state index contributed by atoms with van der Waals surface area (Å²) in [5.41, 5.74) is 3.19. The number of fused-ring (bicyclic) bond motifs is 1. The lowest BCUT2D eigenvalue weighted by Gasteiger charge is -2.32. The van der Waals surface area contributed by atoms with Crippen molar-refractivity contribution in [2.75, 3.05) is 18.4 Å². The molecule has 2 amide bonds. The van der Waals surface area contributed by atoms with Crippen LogP contribution in [0.2, 0.25) is 0 Å². The van der Waals surface area contributed by atoms with E-state index in [4.69, 9.17) is 9.15 Å². The van der Waals surface area contributed by atoms with Gasteiger partial charge in [-0.05, 0) is 60.7 Å². The molecule has 1 N–H and O–H groups in total. The van der Waals surface area contributed by atoms with Crippen molar-refractivity contribution >= 4 is 28.5 Å². The third-order valence-electron chi connectivity index (χ3n) is 6.05. The largest absolute Gasteiger partial charge is 0.490 e. The van der Waals surface area contributed by atoms with Gasteiger partial charge in [0.2, 0.25) is 5.91 Å². The second-order valence-corrected chi connectivity index (χ2v) is 8.54. The summed E-state index contributed by atoms with van der Waals surface area (Å²) in [6.45, 7) is 2.75. The van der Waals surface area contributed by atoms with E-state index in [1.165, 1.54) is 6.92 Å². The predicted octanol–water partition coefficient (Wildman–Crippen LogP) is 5.74. The molecule has 0 atom stereocenters. The molecule has 6 heteroatoms. The SMILES string of the molecule is CC(=O)Nc1ccc(C(=O)N2CCC(Oc3ccc(-c4cc5ccccc5o4)cc3)CC2)cc1. The molecule has 1 fully saturated rings. The zero-order chi connectivity index (χ0) is 23.5. The number of ether oxygens (including phenoxy) is 1. The minimum Gasteiger partial charge on any atom is -0.490 e. The molecule has 1 aliphatic rings. The summed E-state index contributed by atoms with van der Waals surface area (Å²) in [5, 5.41) is 3.80. The van der Waals surface area contributed by atoms with Crippen LogP contribution in [0.5, 0.6) is 5.75 Å². The van der Waals surface area contributed by atoms with E-state index in [2.05, 4.69) is 5.32 Å². The van der Waals surface area contributed by atoms with Gasteiger partial charge in [-0.2, -0.15) is 0 Å². The van der Waals surface area contributed by atoms with Gasteiger partial charge in [0.05, 0.1) is 0 Å². The fourth-order valence-corrected chi connectivity index (χ4v) is 4.27. The van der Waals surface area contributed by atoms with E-state index in [0.717, 1.165) is 40.9 Å². The second-order valence-electron chi connectivity index (χ2n) is 8.54. The number of furan rings is 1. The number of nitrogens with zero attached hydrogens (tertiary/aromatic N) is 1. The van der Waals surface area contributed by atoms with Crippen LogP contribution in [0.1, 0.15) is 30.1 Å². The first-order chi connectivity index (χ1) is 16.5. The topological polar surface area (TPSA) is 71.8 Å².